The molecule has 0 aromatic heterocycles. The van der Waals surface area contributed by atoms with Crippen molar-refractivity contribution in [2.24, 2.45) is 0 Å². The first-order chi connectivity index (χ1) is 10.9. The summed E-state index contributed by atoms with van der Waals surface area (Å²) >= 11 is 0. The number of anilines is 1. The van der Waals surface area contributed by atoms with Crippen molar-refractivity contribution in [3.63, 3.8) is 0 Å². The third-order valence-corrected chi connectivity index (χ3v) is 3.25. The van der Waals surface area contributed by atoms with Gasteiger partial charge in [-0.3, -0.25) is 14.9 Å². The Hall–Kier alpha value is -2.22. The number of hydrogen-bond donors (Lipinski definition) is 3. The third kappa shape index (κ3) is 5.48. The molecule has 2 rings (SSSR count). The molecule has 1 saturated heterocycles. The molecule has 0 bridgehead atoms. The Kier molecular flexibility index (Phi) is 5.49. The number of amides is 2. The van der Waals surface area contributed by atoms with Crippen LogP contribution in [0.2, 0.25) is 0 Å². The van der Waals surface area contributed by atoms with Crippen molar-refractivity contribution in [2.75, 3.05) is 25.0 Å². The van der Waals surface area contributed by atoms with E-state index < -0.39 is 30.8 Å². The highest BCUT2D eigenvalue weighted by Gasteiger charge is 2.42. The van der Waals surface area contributed by atoms with E-state index >= 15 is 0 Å². The summed E-state index contributed by atoms with van der Waals surface area (Å²) in [4.78, 5) is 22.7. The third-order valence-electron chi connectivity index (χ3n) is 3.25. The van der Waals surface area contributed by atoms with Crippen LogP contribution in [0.1, 0.15) is 13.3 Å². The summed E-state index contributed by atoms with van der Waals surface area (Å²) in [5.74, 6) is -2.94. The molecule has 6 nitrogen and oxygen atoms in total. The van der Waals surface area contributed by atoms with Crippen molar-refractivity contribution >= 4 is 17.5 Å². The predicted molar refractivity (Wildman–Crippen MR) is 80.6 cm³/mol. The second-order valence-corrected chi connectivity index (χ2v) is 5.34. The van der Waals surface area contributed by atoms with Gasteiger partial charge in [-0.15, -0.1) is 0 Å². The van der Waals surface area contributed by atoms with E-state index in [2.05, 4.69) is 16.0 Å². The molecule has 8 heteroatoms. The monoisotopic (exact) mass is 327 g/mol. The molecule has 1 aromatic carbocycles. The minimum Gasteiger partial charge on any atom is -0.492 e. The zero-order valence-corrected chi connectivity index (χ0v) is 12.7. The lowest BCUT2D eigenvalue weighted by Crippen LogP contribution is -2.41. The average Bonchev–Trinajstić information content (AvgIpc) is 2.83. The highest BCUT2D eigenvalue weighted by molar-refractivity contribution is 5.88. The van der Waals surface area contributed by atoms with Gasteiger partial charge in [-0.25, -0.2) is 8.78 Å². The van der Waals surface area contributed by atoms with Gasteiger partial charge in [-0.05, 0) is 12.1 Å². The molecule has 0 spiro atoms. The molecule has 1 unspecified atom stereocenters. The Bertz CT molecular complexity index is 581. The van der Waals surface area contributed by atoms with Crippen LogP contribution < -0.4 is 20.7 Å². The topological polar surface area (TPSA) is 79.5 Å². The van der Waals surface area contributed by atoms with Gasteiger partial charge < -0.3 is 15.4 Å². The van der Waals surface area contributed by atoms with Crippen LogP contribution in [0.15, 0.2) is 24.3 Å². The SMILES string of the molecule is CC(=O)Nc1cccc(OCCNC(=O)C2CC(F)(F)CN2)c1. The Morgan fingerprint density at radius 1 is 1.43 bits per heavy atom. The number of alkyl halides is 2. The van der Waals surface area contributed by atoms with Crippen molar-refractivity contribution < 1.29 is 23.1 Å². The van der Waals surface area contributed by atoms with Gasteiger partial charge in [0.25, 0.3) is 5.92 Å². The van der Waals surface area contributed by atoms with Crippen LogP contribution >= 0.6 is 0 Å². The minimum absolute atomic E-state index is 0.185. The molecule has 1 aliphatic heterocycles. The highest BCUT2D eigenvalue weighted by atomic mass is 19.3. The van der Waals surface area contributed by atoms with Gasteiger partial charge in [0.1, 0.15) is 12.4 Å². The highest BCUT2D eigenvalue weighted by Crippen LogP contribution is 2.25. The van der Waals surface area contributed by atoms with Crippen molar-refractivity contribution in [3.8, 4) is 5.75 Å². The Morgan fingerprint density at radius 2 is 2.22 bits per heavy atom. The maximum atomic E-state index is 13.0. The molecule has 1 aliphatic rings. The molecule has 23 heavy (non-hydrogen) atoms. The Morgan fingerprint density at radius 3 is 2.87 bits per heavy atom. The molecular formula is C15H19F2N3O3. The summed E-state index contributed by atoms with van der Waals surface area (Å²) < 4.78 is 31.4. The van der Waals surface area contributed by atoms with Gasteiger partial charge in [0, 0.05) is 25.1 Å². The zero-order valence-electron chi connectivity index (χ0n) is 12.7. The van der Waals surface area contributed by atoms with Crippen molar-refractivity contribution in [1.82, 2.24) is 10.6 Å². The Labute approximate surface area is 132 Å². The van der Waals surface area contributed by atoms with Crippen LogP contribution in [-0.2, 0) is 9.59 Å². The fraction of sp³-hybridized carbons (Fsp3) is 0.467. The first-order valence-electron chi connectivity index (χ1n) is 7.25. The van der Waals surface area contributed by atoms with Crippen LogP contribution in [0.25, 0.3) is 0 Å². The van der Waals surface area contributed by atoms with E-state index in [-0.39, 0.29) is 19.1 Å². The molecule has 0 saturated carbocycles. The number of halogens is 2. The van der Waals surface area contributed by atoms with Gasteiger partial charge in [-0.2, -0.15) is 0 Å². The summed E-state index contributed by atoms with van der Waals surface area (Å²) in [5.41, 5.74) is 0.608. The van der Waals surface area contributed by atoms with Crippen LogP contribution in [0, 0.1) is 0 Å². The molecule has 1 atom stereocenters. The van der Waals surface area contributed by atoms with Gasteiger partial charge in [0.15, 0.2) is 0 Å². The van der Waals surface area contributed by atoms with Crippen molar-refractivity contribution in [1.29, 1.82) is 0 Å². The number of rotatable bonds is 6. The van der Waals surface area contributed by atoms with Gasteiger partial charge in [0.2, 0.25) is 11.8 Å². The summed E-state index contributed by atoms with van der Waals surface area (Å²) in [5, 5.41) is 7.67. The quantitative estimate of drug-likeness (QED) is 0.685. The molecular weight excluding hydrogens is 308 g/mol. The molecule has 1 aromatic rings. The van der Waals surface area contributed by atoms with Gasteiger partial charge in [-0.1, -0.05) is 6.07 Å². The van der Waals surface area contributed by atoms with Gasteiger partial charge >= 0.3 is 0 Å². The average molecular weight is 327 g/mol. The van der Waals surface area contributed by atoms with Crippen LogP contribution in [-0.4, -0.2) is 43.5 Å². The molecule has 0 radical (unpaired) electrons. The van der Waals surface area contributed by atoms with E-state index in [1.165, 1.54) is 6.92 Å². The lowest BCUT2D eigenvalue weighted by atomic mass is 10.2. The Balaban J connectivity index is 1.71. The van der Waals surface area contributed by atoms with Crippen molar-refractivity contribution in [3.05, 3.63) is 24.3 Å². The van der Waals surface area contributed by atoms with Crippen LogP contribution in [0.5, 0.6) is 5.75 Å². The van der Waals surface area contributed by atoms with E-state index in [4.69, 9.17) is 4.74 Å². The van der Waals surface area contributed by atoms with E-state index in [1.807, 2.05) is 0 Å². The van der Waals surface area contributed by atoms with Gasteiger partial charge in [0.05, 0.1) is 19.1 Å². The lowest BCUT2D eigenvalue weighted by Gasteiger charge is -2.12. The van der Waals surface area contributed by atoms with E-state index in [1.54, 1.807) is 24.3 Å². The summed E-state index contributed by atoms with van der Waals surface area (Å²) in [7, 11) is 0. The first-order valence-corrected chi connectivity index (χ1v) is 7.25. The van der Waals surface area contributed by atoms with E-state index in [9.17, 15) is 18.4 Å². The molecule has 0 aliphatic carbocycles. The summed E-state index contributed by atoms with van der Waals surface area (Å²) in [6, 6.07) is 5.95. The maximum Gasteiger partial charge on any atom is 0.262 e. The minimum atomic E-state index is -2.83. The molecule has 3 N–H and O–H groups in total. The number of carbonyl (C=O) groups is 2. The normalized spacial score (nSPS) is 19.2. The summed E-state index contributed by atoms with van der Waals surface area (Å²) in [6.07, 6.45) is -0.488. The molecule has 1 heterocycles. The fourth-order valence-corrected chi connectivity index (χ4v) is 2.23. The largest absolute Gasteiger partial charge is 0.492 e. The standard InChI is InChI=1S/C15H19F2N3O3/c1-10(21)20-11-3-2-4-12(7-11)23-6-5-18-14(22)13-8-15(16,17)9-19-13/h2-4,7,13,19H,5-6,8-9H2,1H3,(H,18,22)(H,20,21). The van der Waals surface area contributed by atoms with E-state index in [0.717, 1.165) is 0 Å². The first kappa shape index (κ1) is 17.1. The second-order valence-electron chi connectivity index (χ2n) is 5.34. The number of ether oxygens (including phenoxy) is 1. The second kappa shape index (κ2) is 7.36. The smallest absolute Gasteiger partial charge is 0.262 e. The molecule has 126 valence electrons. The van der Waals surface area contributed by atoms with E-state index in [0.29, 0.717) is 11.4 Å². The summed E-state index contributed by atoms with van der Waals surface area (Å²) in [6.45, 7) is 1.33. The molecule has 1 fully saturated rings. The maximum absolute atomic E-state index is 13.0. The number of hydrogen-bond acceptors (Lipinski definition) is 4. The predicted octanol–water partition coefficient (Wildman–Crippen LogP) is 1.14. The zero-order chi connectivity index (χ0) is 16.9. The molecule has 2 amide bonds. The number of benzene rings is 1. The van der Waals surface area contributed by atoms with Crippen LogP contribution in [0.3, 0.4) is 0 Å². The van der Waals surface area contributed by atoms with Crippen molar-refractivity contribution in [2.45, 2.75) is 25.3 Å². The number of carbonyl (C=O) groups excluding carboxylic acids is 2. The fourth-order valence-electron chi connectivity index (χ4n) is 2.23. The number of nitrogens with one attached hydrogen (secondary N) is 3. The van der Waals surface area contributed by atoms with Crippen LogP contribution in [0.4, 0.5) is 14.5 Å². The lowest BCUT2D eigenvalue weighted by molar-refractivity contribution is -0.123.